The monoisotopic (exact) mass is 321 g/mol. The van der Waals surface area contributed by atoms with Crippen molar-refractivity contribution >= 4 is 16.7 Å². The molecule has 1 atom stereocenters. The van der Waals surface area contributed by atoms with Crippen LogP contribution in [0.15, 0.2) is 58.0 Å². The summed E-state index contributed by atoms with van der Waals surface area (Å²) in [5, 5.41) is 4.36. The molecule has 2 aromatic heterocycles. The van der Waals surface area contributed by atoms with Crippen LogP contribution < -0.4 is 15.8 Å². The molecular weight excluding hydrogens is 302 g/mol. The van der Waals surface area contributed by atoms with Crippen LogP contribution in [0.5, 0.6) is 0 Å². The third-order valence-corrected chi connectivity index (χ3v) is 4.44. The highest BCUT2D eigenvalue weighted by atomic mass is 16.4. The fourth-order valence-corrected chi connectivity index (χ4v) is 3.20. The predicted octanol–water partition coefficient (Wildman–Crippen LogP) is 2.65. The molecule has 4 rings (SSSR count). The van der Waals surface area contributed by atoms with Gasteiger partial charge >= 0.3 is 5.63 Å². The molecule has 3 heterocycles. The molecule has 0 saturated carbocycles. The molecule has 0 radical (unpaired) electrons. The molecule has 1 N–H and O–H groups in total. The summed E-state index contributed by atoms with van der Waals surface area (Å²) in [5.74, 6) is 0. The lowest BCUT2D eigenvalue weighted by molar-refractivity contribution is 0.484. The molecule has 0 bridgehead atoms. The SMILES string of the molecule is CC1CN(c2ccc3cc(-c4ccncc4)c(=O)oc3c2)CCN1. The van der Waals surface area contributed by atoms with Gasteiger partial charge in [0.15, 0.2) is 0 Å². The molecular formula is C19H19N3O2. The first kappa shape index (κ1) is 14.9. The Labute approximate surface area is 139 Å². The number of nitrogens with zero attached hydrogens (tertiary/aromatic N) is 2. The van der Waals surface area contributed by atoms with Crippen molar-refractivity contribution in [2.24, 2.45) is 0 Å². The van der Waals surface area contributed by atoms with E-state index in [2.05, 4.69) is 28.2 Å². The second-order valence-electron chi connectivity index (χ2n) is 6.21. The van der Waals surface area contributed by atoms with Crippen LogP contribution in [0.1, 0.15) is 6.92 Å². The fourth-order valence-electron chi connectivity index (χ4n) is 3.20. The summed E-state index contributed by atoms with van der Waals surface area (Å²) in [6.45, 7) is 5.04. The lowest BCUT2D eigenvalue weighted by Gasteiger charge is -2.33. The number of anilines is 1. The van der Waals surface area contributed by atoms with E-state index in [9.17, 15) is 4.79 Å². The van der Waals surface area contributed by atoms with Gasteiger partial charge in [0.25, 0.3) is 0 Å². The minimum absolute atomic E-state index is 0.320. The molecule has 1 aromatic carbocycles. The summed E-state index contributed by atoms with van der Waals surface area (Å²) in [6.07, 6.45) is 3.35. The zero-order chi connectivity index (χ0) is 16.5. The average molecular weight is 321 g/mol. The van der Waals surface area contributed by atoms with E-state index in [0.29, 0.717) is 17.2 Å². The minimum Gasteiger partial charge on any atom is -0.422 e. The van der Waals surface area contributed by atoms with Crippen molar-refractivity contribution in [3.8, 4) is 11.1 Å². The number of piperazine rings is 1. The standard InChI is InChI=1S/C19H19N3O2/c1-13-12-22(9-8-21-13)16-3-2-15-10-17(14-4-6-20-7-5-14)19(23)24-18(15)11-16/h2-7,10-11,13,21H,8-9,12H2,1H3. The number of nitrogens with one attached hydrogen (secondary N) is 1. The van der Waals surface area contributed by atoms with Gasteiger partial charge in [-0.25, -0.2) is 4.79 Å². The largest absolute Gasteiger partial charge is 0.422 e. The van der Waals surface area contributed by atoms with Crippen LogP contribution in [-0.4, -0.2) is 30.7 Å². The predicted molar refractivity (Wildman–Crippen MR) is 95.4 cm³/mol. The van der Waals surface area contributed by atoms with Gasteiger partial charge in [-0.2, -0.15) is 0 Å². The number of aromatic nitrogens is 1. The summed E-state index contributed by atoms with van der Waals surface area (Å²) >= 11 is 0. The van der Waals surface area contributed by atoms with Crippen LogP contribution in [0.4, 0.5) is 5.69 Å². The maximum absolute atomic E-state index is 12.4. The van der Waals surface area contributed by atoms with Crippen LogP contribution >= 0.6 is 0 Å². The first-order valence-electron chi connectivity index (χ1n) is 8.17. The van der Waals surface area contributed by atoms with Gasteiger partial charge in [0.1, 0.15) is 5.58 Å². The van der Waals surface area contributed by atoms with Crippen molar-refractivity contribution in [2.45, 2.75) is 13.0 Å². The van der Waals surface area contributed by atoms with E-state index in [4.69, 9.17) is 4.42 Å². The molecule has 1 unspecified atom stereocenters. The Balaban J connectivity index is 1.75. The average Bonchev–Trinajstić information content (AvgIpc) is 2.61. The highest BCUT2D eigenvalue weighted by Crippen LogP contribution is 2.25. The number of hydrogen-bond donors (Lipinski definition) is 1. The summed E-state index contributed by atoms with van der Waals surface area (Å²) in [5.41, 5.74) is 2.78. The van der Waals surface area contributed by atoms with E-state index in [1.165, 1.54) is 0 Å². The van der Waals surface area contributed by atoms with Gasteiger partial charge in [0, 0.05) is 55.2 Å². The van der Waals surface area contributed by atoms with Gasteiger partial charge in [0.05, 0.1) is 5.56 Å². The van der Waals surface area contributed by atoms with Crippen LogP contribution in [0.2, 0.25) is 0 Å². The fraction of sp³-hybridized carbons (Fsp3) is 0.263. The Morgan fingerprint density at radius 3 is 2.83 bits per heavy atom. The zero-order valence-corrected chi connectivity index (χ0v) is 13.5. The van der Waals surface area contributed by atoms with Gasteiger partial charge in [-0.15, -0.1) is 0 Å². The lowest BCUT2D eigenvalue weighted by atomic mass is 10.1. The second-order valence-corrected chi connectivity index (χ2v) is 6.21. The Kier molecular flexibility index (Phi) is 3.78. The maximum Gasteiger partial charge on any atom is 0.344 e. The molecule has 5 heteroatoms. The van der Waals surface area contributed by atoms with Crippen molar-refractivity contribution in [3.05, 3.63) is 59.2 Å². The van der Waals surface area contributed by atoms with Gasteiger partial charge in [-0.3, -0.25) is 4.98 Å². The van der Waals surface area contributed by atoms with Crippen molar-refractivity contribution in [2.75, 3.05) is 24.5 Å². The Hall–Kier alpha value is -2.66. The highest BCUT2D eigenvalue weighted by molar-refractivity contribution is 5.84. The van der Waals surface area contributed by atoms with Crippen LogP contribution in [0.3, 0.4) is 0 Å². The molecule has 1 saturated heterocycles. The van der Waals surface area contributed by atoms with Crippen LogP contribution in [-0.2, 0) is 0 Å². The summed E-state index contributed by atoms with van der Waals surface area (Å²) in [4.78, 5) is 18.7. The van der Waals surface area contributed by atoms with Gasteiger partial charge < -0.3 is 14.6 Å². The molecule has 122 valence electrons. The molecule has 1 aliphatic rings. The molecule has 3 aromatic rings. The number of fused-ring (bicyclic) bond motifs is 1. The molecule has 24 heavy (non-hydrogen) atoms. The van der Waals surface area contributed by atoms with E-state index >= 15 is 0 Å². The summed E-state index contributed by atoms with van der Waals surface area (Å²) in [6, 6.07) is 12.0. The summed E-state index contributed by atoms with van der Waals surface area (Å²) in [7, 11) is 0. The minimum atomic E-state index is -0.320. The molecule has 1 aliphatic heterocycles. The van der Waals surface area contributed by atoms with E-state index in [-0.39, 0.29) is 5.63 Å². The second kappa shape index (κ2) is 6.09. The Morgan fingerprint density at radius 1 is 1.21 bits per heavy atom. The molecule has 0 amide bonds. The Morgan fingerprint density at radius 2 is 2.04 bits per heavy atom. The molecule has 1 fully saturated rings. The molecule has 5 nitrogen and oxygen atoms in total. The van der Waals surface area contributed by atoms with Crippen molar-refractivity contribution < 1.29 is 4.42 Å². The van der Waals surface area contributed by atoms with Gasteiger partial charge in [-0.05, 0) is 42.8 Å². The third kappa shape index (κ3) is 2.78. The molecule has 0 aliphatic carbocycles. The van der Waals surface area contributed by atoms with E-state index in [0.717, 1.165) is 36.3 Å². The van der Waals surface area contributed by atoms with Crippen LogP contribution in [0, 0.1) is 0 Å². The third-order valence-electron chi connectivity index (χ3n) is 4.44. The first-order chi connectivity index (χ1) is 11.7. The van der Waals surface area contributed by atoms with Gasteiger partial charge in [-0.1, -0.05) is 0 Å². The Bertz CT molecular complexity index is 921. The topological polar surface area (TPSA) is 58.4 Å². The van der Waals surface area contributed by atoms with Crippen LogP contribution in [0.25, 0.3) is 22.1 Å². The smallest absolute Gasteiger partial charge is 0.344 e. The number of rotatable bonds is 2. The van der Waals surface area contributed by atoms with Crippen molar-refractivity contribution in [1.29, 1.82) is 0 Å². The van der Waals surface area contributed by atoms with Crippen molar-refractivity contribution in [1.82, 2.24) is 10.3 Å². The van der Waals surface area contributed by atoms with E-state index in [1.54, 1.807) is 12.4 Å². The number of benzene rings is 1. The summed E-state index contributed by atoms with van der Waals surface area (Å²) < 4.78 is 5.59. The van der Waals surface area contributed by atoms with E-state index < -0.39 is 0 Å². The van der Waals surface area contributed by atoms with E-state index in [1.807, 2.05) is 30.3 Å². The normalized spacial score (nSPS) is 18.0. The van der Waals surface area contributed by atoms with Crippen molar-refractivity contribution in [3.63, 3.8) is 0 Å². The zero-order valence-electron chi connectivity index (χ0n) is 13.5. The number of pyridine rings is 1. The lowest BCUT2D eigenvalue weighted by Crippen LogP contribution is -2.49. The molecule has 0 spiro atoms. The maximum atomic E-state index is 12.4. The quantitative estimate of drug-likeness (QED) is 0.735. The first-order valence-corrected chi connectivity index (χ1v) is 8.17. The van der Waals surface area contributed by atoms with Gasteiger partial charge in [0.2, 0.25) is 0 Å². The highest BCUT2D eigenvalue weighted by Gasteiger charge is 2.17. The number of hydrogen-bond acceptors (Lipinski definition) is 5.